The molecular formula is C21H20FN3OS. The lowest BCUT2D eigenvalue weighted by molar-refractivity contribution is 0.248. The maximum atomic E-state index is 14.0. The van der Waals surface area contributed by atoms with Crippen LogP contribution in [0.1, 0.15) is 25.7 Å². The number of aromatic nitrogens is 1. The molecule has 2 amide bonds. The monoisotopic (exact) mass is 381 g/mol. The van der Waals surface area contributed by atoms with Crippen molar-refractivity contribution in [2.75, 3.05) is 5.32 Å². The molecule has 1 heterocycles. The molecule has 2 N–H and O–H groups in total. The predicted molar refractivity (Wildman–Crippen MR) is 107 cm³/mol. The number of carbonyl (C=O) groups excluding carboxylic acids is 1. The Bertz CT molecular complexity index is 950. The Balaban J connectivity index is 1.56. The van der Waals surface area contributed by atoms with E-state index in [0.717, 1.165) is 24.1 Å². The second-order valence-corrected chi connectivity index (χ2v) is 7.50. The van der Waals surface area contributed by atoms with E-state index in [1.165, 1.54) is 30.2 Å². The van der Waals surface area contributed by atoms with Gasteiger partial charge >= 0.3 is 6.03 Å². The van der Waals surface area contributed by atoms with E-state index in [2.05, 4.69) is 15.6 Å². The Morgan fingerprint density at radius 1 is 1.04 bits per heavy atom. The SMILES string of the molecule is O=C(Nc1ccccc1-c1csc(-c2ccccc2F)n1)NC1CCCC1. The summed E-state index contributed by atoms with van der Waals surface area (Å²) in [5, 5.41) is 8.47. The third-order valence-corrected chi connectivity index (χ3v) is 5.63. The largest absolute Gasteiger partial charge is 0.335 e. The third kappa shape index (κ3) is 4.01. The zero-order valence-electron chi connectivity index (χ0n) is 14.7. The fraction of sp³-hybridized carbons (Fsp3) is 0.238. The number of halogens is 1. The quantitative estimate of drug-likeness (QED) is 0.611. The third-order valence-electron chi connectivity index (χ3n) is 4.75. The van der Waals surface area contributed by atoms with E-state index in [1.807, 2.05) is 29.6 Å². The molecule has 0 aliphatic heterocycles. The summed E-state index contributed by atoms with van der Waals surface area (Å²) >= 11 is 1.39. The smallest absolute Gasteiger partial charge is 0.319 e. The molecule has 3 aromatic rings. The maximum Gasteiger partial charge on any atom is 0.319 e. The van der Waals surface area contributed by atoms with Gasteiger partial charge < -0.3 is 10.6 Å². The van der Waals surface area contributed by atoms with Crippen molar-refractivity contribution in [2.45, 2.75) is 31.7 Å². The molecule has 4 nitrogen and oxygen atoms in total. The zero-order chi connectivity index (χ0) is 18.6. The number of rotatable bonds is 4. The van der Waals surface area contributed by atoms with Crippen LogP contribution in [-0.4, -0.2) is 17.1 Å². The zero-order valence-corrected chi connectivity index (χ0v) is 15.6. The first-order chi connectivity index (χ1) is 13.2. The number of hydrogen-bond donors (Lipinski definition) is 2. The molecule has 1 aliphatic carbocycles. The van der Waals surface area contributed by atoms with Crippen molar-refractivity contribution >= 4 is 23.1 Å². The van der Waals surface area contributed by atoms with Gasteiger partial charge in [0.15, 0.2) is 0 Å². The van der Waals surface area contributed by atoms with Gasteiger partial charge in [-0.25, -0.2) is 14.2 Å². The summed E-state index contributed by atoms with van der Waals surface area (Å²) < 4.78 is 14.0. The van der Waals surface area contributed by atoms with E-state index >= 15 is 0 Å². The van der Waals surface area contributed by atoms with E-state index in [1.54, 1.807) is 18.2 Å². The number of amides is 2. The lowest BCUT2D eigenvalue weighted by Gasteiger charge is -2.14. The molecule has 1 aromatic heterocycles. The van der Waals surface area contributed by atoms with Gasteiger partial charge in [-0.1, -0.05) is 43.2 Å². The van der Waals surface area contributed by atoms with Gasteiger partial charge in [0.25, 0.3) is 0 Å². The highest BCUT2D eigenvalue weighted by atomic mass is 32.1. The summed E-state index contributed by atoms with van der Waals surface area (Å²) in [6.45, 7) is 0. The van der Waals surface area contributed by atoms with Gasteiger partial charge in [-0.05, 0) is 31.0 Å². The topological polar surface area (TPSA) is 54.0 Å². The Labute approximate surface area is 161 Å². The fourth-order valence-corrected chi connectivity index (χ4v) is 4.23. The fourth-order valence-electron chi connectivity index (χ4n) is 3.39. The Morgan fingerprint density at radius 2 is 1.74 bits per heavy atom. The molecule has 0 spiro atoms. The van der Waals surface area contributed by atoms with Crippen molar-refractivity contribution in [1.29, 1.82) is 0 Å². The van der Waals surface area contributed by atoms with Crippen molar-refractivity contribution in [1.82, 2.24) is 10.3 Å². The summed E-state index contributed by atoms with van der Waals surface area (Å²) in [4.78, 5) is 16.9. The summed E-state index contributed by atoms with van der Waals surface area (Å²) in [5.41, 5.74) is 2.71. The number of nitrogens with zero attached hydrogens (tertiary/aromatic N) is 1. The molecule has 0 radical (unpaired) electrons. The Hall–Kier alpha value is -2.73. The molecule has 2 aromatic carbocycles. The summed E-state index contributed by atoms with van der Waals surface area (Å²) in [5.74, 6) is -0.291. The minimum atomic E-state index is -0.291. The first-order valence-corrected chi connectivity index (χ1v) is 9.96. The molecule has 0 unspecified atom stereocenters. The van der Waals surface area contributed by atoms with E-state index in [-0.39, 0.29) is 17.9 Å². The van der Waals surface area contributed by atoms with E-state index < -0.39 is 0 Å². The van der Waals surface area contributed by atoms with Crippen LogP contribution in [0.15, 0.2) is 53.9 Å². The second-order valence-electron chi connectivity index (χ2n) is 6.64. The van der Waals surface area contributed by atoms with Gasteiger partial charge in [-0.2, -0.15) is 0 Å². The first-order valence-electron chi connectivity index (χ1n) is 9.08. The standard InChI is InChI=1S/C21H20FN3OS/c22-17-11-5-3-9-15(17)20-24-19(13-27-20)16-10-4-6-12-18(16)25-21(26)23-14-7-1-2-8-14/h3-6,9-14H,1-2,7-8H2,(H2,23,25,26). The Kier molecular flexibility index (Phi) is 5.16. The normalized spacial score (nSPS) is 14.3. The number of anilines is 1. The van der Waals surface area contributed by atoms with Crippen LogP contribution in [0.3, 0.4) is 0 Å². The van der Waals surface area contributed by atoms with Gasteiger partial charge in [0.1, 0.15) is 10.8 Å². The molecule has 138 valence electrons. The molecule has 0 atom stereocenters. The van der Waals surface area contributed by atoms with Crippen LogP contribution >= 0.6 is 11.3 Å². The van der Waals surface area contributed by atoms with Crippen molar-refractivity contribution in [3.63, 3.8) is 0 Å². The first kappa shape index (κ1) is 17.7. The minimum absolute atomic E-state index is 0.195. The van der Waals surface area contributed by atoms with Crippen molar-refractivity contribution in [3.05, 3.63) is 59.7 Å². The van der Waals surface area contributed by atoms with Crippen LogP contribution in [-0.2, 0) is 0 Å². The van der Waals surface area contributed by atoms with Gasteiger partial charge in [0, 0.05) is 22.5 Å². The number of urea groups is 1. The molecule has 0 bridgehead atoms. The van der Waals surface area contributed by atoms with Crippen LogP contribution in [0.4, 0.5) is 14.9 Å². The van der Waals surface area contributed by atoms with Crippen molar-refractivity contribution < 1.29 is 9.18 Å². The average molecular weight is 381 g/mol. The van der Waals surface area contributed by atoms with E-state index in [0.29, 0.717) is 16.3 Å². The predicted octanol–water partition coefficient (Wildman–Crippen LogP) is 5.68. The molecule has 1 aliphatic rings. The molecular weight excluding hydrogens is 361 g/mol. The average Bonchev–Trinajstić information content (AvgIpc) is 3.34. The highest BCUT2D eigenvalue weighted by Crippen LogP contribution is 2.33. The van der Waals surface area contributed by atoms with Crippen LogP contribution < -0.4 is 10.6 Å². The summed E-state index contributed by atoms with van der Waals surface area (Å²) in [7, 11) is 0. The highest BCUT2D eigenvalue weighted by molar-refractivity contribution is 7.13. The number of hydrogen-bond acceptors (Lipinski definition) is 3. The number of nitrogens with one attached hydrogen (secondary N) is 2. The van der Waals surface area contributed by atoms with Crippen LogP contribution in [0.25, 0.3) is 21.8 Å². The van der Waals surface area contributed by atoms with E-state index in [4.69, 9.17) is 0 Å². The van der Waals surface area contributed by atoms with Gasteiger partial charge in [0.2, 0.25) is 0 Å². The van der Waals surface area contributed by atoms with Crippen molar-refractivity contribution in [2.24, 2.45) is 0 Å². The molecule has 27 heavy (non-hydrogen) atoms. The number of thiazole rings is 1. The molecule has 1 fully saturated rings. The summed E-state index contributed by atoms with van der Waals surface area (Å²) in [6, 6.07) is 14.2. The summed E-state index contributed by atoms with van der Waals surface area (Å²) in [6.07, 6.45) is 4.40. The molecule has 6 heteroatoms. The number of carbonyl (C=O) groups is 1. The van der Waals surface area contributed by atoms with Crippen LogP contribution in [0.2, 0.25) is 0 Å². The lowest BCUT2D eigenvalue weighted by atomic mass is 10.1. The van der Waals surface area contributed by atoms with Gasteiger partial charge in [-0.3, -0.25) is 0 Å². The minimum Gasteiger partial charge on any atom is -0.335 e. The number of benzene rings is 2. The number of para-hydroxylation sites is 1. The second kappa shape index (κ2) is 7.88. The maximum absolute atomic E-state index is 14.0. The van der Waals surface area contributed by atoms with Gasteiger partial charge in [0.05, 0.1) is 11.4 Å². The van der Waals surface area contributed by atoms with Gasteiger partial charge in [-0.15, -0.1) is 11.3 Å². The van der Waals surface area contributed by atoms with Crippen LogP contribution in [0.5, 0.6) is 0 Å². The van der Waals surface area contributed by atoms with Crippen molar-refractivity contribution in [3.8, 4) is 21.8 Å². The molecule has 0 saturated heterocycles. The highest BCUT2D eigenvalue weighted by Gasteiger charge is 2.18. The van der Waals surface area contributed by atoms with Crippen LogP contribution in [0, 0.1) is 5.82 Å². The molecule has 1 saturated carbocycles. The lowest BCUT2D eigenvalue weighted by Crippen LogP contribution is -2.36. The van der Waals surface area contributed by atoms with E-state index in [9.17, 15) is 9.18 Å². The molecule has 4 rings (SSSR count). The Morgan fingerprint density at radius 3 is 2.52 bits per heavy atom.